The monoisotopic (exact) mass is 268 g/mol. The molecule has 1 aromatic rings. The normalized spacial score (nSPS) is 11.9. The molecule has 106 valence electrons. The summed E-state index contributed by atoms with van der Waals surface area (Å²) < 4.78 is 10.2. The van der Waals surface area contributed by atoms with Gasteiger partial charge in [0.25, 0.3) is 0 Å². The molecular weight excluding hydrogens is 248 g/mol. The molecular formula is C13H20N2O4. The van der Waals surface area contributed by atoms with Crippen LogP contribution in [0.15, 0.2) is 18.2 Å². The van der Waals surface area contributed by atoms with E-state index in [9.17, 15) is 10.1 Å². The Hall–Kier alpha value is -1.82. The minimum absolute atomic E-state index is 0.0353. The summed E-state index contributed by atoms with van der Waals surface area (Å²) in [7, 11) is 3.07. The van der Waals surface area contributed by atoms with E-state index < -0.39 is 4.92 Å². The van der Waals surface area contributed by atoms with Gasteiger partial charge in [-0.05, 0) is 12.5 Å². The van der Waals surface area contributed by atoms with Gasteiger partial charge >= 0.3 is 5.69 Å². The Kier molecular flexibility index (Phi) is 6.08. The molecule has 1 aromatic carbocycles. The lowest BCUT2D eigenvalue weighted by Gasteiger charge is -2.18. The molecule has 0 heterocycles. The number of nitro groups is 1. The fourth-order valence-electron chi connectivity index (χ4n) is 1.90. The minimum Gasteiger partial charge on any atom is -0.490 e. The summed E-state index contributed by atoms with van der Waals surface area (Å²) >= 11 is 0. The van der Waals surface area contributed by atoms with Gasteiger partial charge in [0.15, 0.2) is 5.75 Å². The van der Waals surface area contributed by atoms with E-state index in [0.29, 0.717) is 6.61 Å². The molecule has 6 heteroatoms. The van der Waals surface area contributed by atoms with Crippen LogP contribution < -0.4 is 10.1 Å². The molecule has 6 nitrogen and oxygen atoms in total. The molecule has 1 rings (SSSR count). The van der Waals surface area contributed by atoms with E-state index in [4.69, 9.17) is 9.47 Å². The Bertz CT molecular complexity index is 417. The van der Waals surface area contributed by atoms with Gasteiger partial charge < -0.3 is 14.8 Å². The second-order valence-electron chi connectivity index (χ2n) is 4.23. The molecule has 0 fully saturated rings. The number of hydrogen-bond donors (Lipinski definition) is 1. The molecule has 0 radical (unpaired) electrons. The first-order chi connectivity index (χ1) is 9.12. The molecule has 0 aliphatic carbocycles. The summed E-state index contributed by atoms with van der Waals surface area (Å²) in [5, 5.41) is 14.1. The predicted octanol–water partition coefficient (Wildman–Crippen LogP) is 2.83. The lowest BCUT2D eigenvalue weighted by Crippen LogP contribution is -2.24. The van der Waals surface area contributed by atoms with Gasteiger partial charge in [-0.3, -0.25) is 10.1 Å². The number of ether oxygens (including phenoxy) is 2. The first kappa shape index (κ1) is 15.2. The van der Waals surface area contributed by atoms with Crippen molar-refractivity contribution >= 4 is 11.4 Å². The first-order valence-electron chi connectivity index (χ1n) is 6.20. The highest BCUT2D eigenvalue weighted by Gasteiger charge is 2.16. The average Bonchev–Trinajstić information content (AvgIpc) is 2.38. The van der Waals surface area contributed by atoms with Crippen LogP contribution in [0.3, 0.4) is 0 Å². The van der Waals surface area contributed by atoms with E-state index in [-0.39, 0.29) is 17.5 Å². The highest BCUT2D eigenvalue weighted by Crippen LogP contribution is 2.30. The fourth-order valence-corrected chi connectivity index (χ4v) is 1.90. The van der Waals surface area contributed by atoms with Crippen molar-refractivity contribution in [3.8, 4) is 5.75 Å². The van der Waals surface area contributed by atoms with Crippen molar-refractivity contribution in [2.24, 2.45) is 0 Å². The topological polar surface area (TPSA) is 73.6 Å². The largest absolute Gasteiger partial charge is 0.490 e. The van der Waals surface area contributed by atoms with Gasteiger partial charge in [0.2, 0.25) is 0 Å². The molecule has 0 spiro atoms. The van der Waals surface area contributed by atoms with Crippen LogP contribution in [0.25, 0.3) is 0 Å². The lowest BCUT2D eigenvalue weighted by atomic mass is 10.1. The van der Waals surface area contributed by atoms with E-state index in [0.717, 1.165) is 18.5 Å². The molecule has 1 N–H and O–H groups in total. The molecule has 0 saturated heterocycles. The van der Waals surface area contributed by atoms with Gasteiger partial charge in [0.1, 0.15) is 0 Å². The quantitative estimate of drug-likeness (QED) is 0.579. The zero-order valence-electron chi connectivity index (χ0n) is 11.5. The second-order valence-corrected chi connectivity index (χ2v) is 4.23. The Labute approximate surface area is 112 Å². The van der Waals surface area contributed by atoms with Crippen LogP contribution in [0.1, 0.15) is 19.8 Å². The Morgan fingerprint density at radius 2 is 2.16 bits per heavy atom. The van der Waals surface area contributed by atoms with Crippen molar-refractivity contribution in [1.82, 2.24) is 0 Å². The highest BCUT2D eigenvalue weighted by molar-refractivity contribution is 5.58. The number of hydrogen-bond acceptors (Lipinski definition) is 5. The molecule has 0 bridgehead atoms. The van der Waals surface area contributed by atoms with Crippen molar-refractivity contribution < 1.29 is 14.4 Å². The summed E-state index contributed by atoms with van der Waals surface area (Å²) in [5.74, 6) is 0.252. The van der Waals surface area contributed by atoms with Gasteiger partial charge in [-0.15, -0.1) is 0 Å². The number of rotatable bonds is 8. The van der Waals surface area contributed by atoms with Crippen molar-refractivity contribution in [3.05, 3.63) is 28.3 Å². The molecule has 0 aliphatic rings. The van der Waals surface area contributed by atoms with Crippen LogP contribution in [-0.2, 0) is 4.74 Å². The number of nitro benzene ring substituents is 1. The minimum atomic E-state index is -0.457. The third-order valence-electron chi connectivity index (χ3n) is 2.75. The summed E-state index contributed by atoms with van der Waals surface area (Å²) in [4.78, 5) is 10.3. The number of methoxy groups -OCH3 is 2. The SMILES string of the molecule is CCCC(COC)Nc1ccc([N+](=O)[O-])c(OC)c1. The van der Waals surface area contributed by atoms with Crippen LogP contribution >= 0.6 is 0 Å². The zero-order valence-corrected chi connectivity index (χ0v) is 11.5. The zero-order chi connectivity index (χ0) is 14.3. The predicted molar refractivity (Wildman–Crippen MR) is 73.8 cm³/mol. The maximum atomic E-state index is 10.8. The van der Waals surface area contributed by atoms with E-state index in [1.54, 1.807) is 19.2 Å². The third kappa shape index (κ3) is 4.40. The number of anilines is 1. The van der Waals surface area contributed by atoms with E-state index in [1.807, 2.05) is 0 Å². The van der Waals surface area contributed by atoms with Gasteiger partial charge in [0, 0.05) is 31.0 Å². The van der Waals surface area contributed by atoms with Crippen LogP contribution in [0, 0.1) is 10.1 Å². The average molecular weight is 268 g/mol. The van der Waals surface area contributed by atoms with Crippen molar-refractivity contribution in [1.29, 1.82) is 0 Å². The molecule has 1 unspecified atom stereocenters. The lowest BCUT2D eigenvalue weighted by molar-refractivity contribution is -0.385. The van der Waals surface area contributed by atoms with Crippen LogP contribution in [0.2, 0.25) is 0 Å². The Morgan fingerprint density at radius 3 is 2.68 bits per heavy atom. The smallest absolute Gasteiger partial charge is 0.311 e. The summed E-state index contributed by atoms with van der Waals surface area (Å²) in [6.45, 7) is 2.69. The Morgan fingerprint density at radius 1 is 1.42 bits per heavy atom. The number of nitrogens with zero attached hydrogens (tertiary/aromatic N) is 1. The highest BCUT2D eigenvalue weighted by atomic mass is 16.6. The number of benzene rings is 1. The van der Waals surface area contributed by atoms with Crippen molar-refractivity contribution in [2.75, 3.05) is 26.1 Å². The van der Waals surface area contributed by atoms with Gasteiger partial charge in [-0.1, -0.05) is 13.3 Å². The van der Waals surface area contributed by atoms with E-state index in [2.05, 4.69) is 12.2 Å². The molecule has 0 aromatic heterocycles. The Balaban J connectivity index is 2.86. The van der Waals surface area contributed by atoms with E-state index in [1.165, 1.54) is 13.2 Å². The second kappa shape index (κ2) is 7.58. The maximum absolute atomic E-state index is 10.8. The van der Waals surface area contributed by atoms with Crippen molar-refractivity contribution in [2.45, 2.75) is 25.8 Å². The van der Waals surface area contributed by atoms with Crippen molar-refractivity contribution in [3.63, 3.8) is 0 Å². The van der Waals surface area contributed by atoms with Gasteiger partial charge in [-0.2, -0.15) is 0 Å². The molecule has 0 amide bonds. The van der Waals surface area contributed by atoms with Crippen LogP contribution in [-0.4, -0.2) is 31.8 Å². The maximum Gasteiger partial charge on any atom is 0.311 e. The third-order valence-corrected chi connectivity index (χ3v) is 2.75. The first-order valence-corrected chi connectivity index (χ1v) is 6.20. The number of nitrogens with one attached hydrogen (secondary N) is 1. The summed E-state index contributed by atoms with van der Waals surface area (Å²) in [6.07, 6.45) is 2.00. The van der Waals surface area contributed by atoms with Crippen LogP contribution in [0.4, 0.5) is 11.4 Å². The van der Waals surface area contributed by atoms with E-state index >= 15 is 0 Å². The van der Waals surface area contributed by atoms with Gasteiger partial charge in [0.05, 0.1) is 18.6 Å². The molecule has 0 aliphatic heterocycles. The molecule has 1 atom stereocenters. The standard InChI is InChI=1S/C13H20N2O4/c1-4-5-11(9-18-2)14-10-6-7-12(15(16)17)13(8-10)19-3/h6-8,11,14H,4-5,9H2,1-3H3. The molecule has 19 heavy (non-hydrogen) atoms. The fraction of sp³-hybridized carbons (Fsp3) is 0.538. The molecule has 0 saturated carbocycles. The summed E-state index contributed by atoms with van der Waals surface area (Å²) in [5.41, 5.74) is 0.754. The van der Waals surface area contributed by atoms with Gasteiger partial charge in [-0.25, -0.2) is 0 Å². The van der Waals surface area contributed by atoms with Crippen LogP contribution in [0.5, 0.6) is 5.75 Å². The summed E-state index contributed by atoms with van der Waals surface area (Å²) in [6, 6.07) is 4.94.